The first-order valence-electron chi connectivity index (χ1n) is 9.42. The second-order valence-electron chi connectivity index (χ2n) is 7.21. The second kappa shape index (κ2) is 8.09. The SMILES string of the molecule is CCCOc1ccc(CN2C(C(=O)O)CC3CCCCC32)cc1OC. The van der Waals surface area contributed by atoms with Crippen molar-refractivity contribution in [1.82, 2.24) is 4.90 Å². The van der Waals surface area contributed by atoms with Gasteiger partial charge in [0.25, 0.3) is 0 Å². The maximum Gasteiger partial charge on any atom is 0.320 e. The van der Waals surface area contributed by atoms with Gasteiger partial charge in [-0.3, -0.25) is 9.69 Å². The number of likely N-dealkylation sites (tertiary alicyclic amines) is 1. The number of benzene rings is 1. The third kappa shape index (κ3) is 3.92. The van der Waals surface area contributed by atoms with Gasteiger partial charge in [-0.1, -0.05) is 25.8 Å². The predicted octanol–water partition coefficient (Wildman–Crippen LogP) is 3.70. The Kier molecular flexibility index (Phi) is 5.84. The van der Waals surface area contributed by atoms with E-state index in [9.17, 15) is 9.90 Å². The summed E-state index contributed by atoms with van der Waals surface area (Å²) in [6, 6.07) is 5.99. The van der Waals surface area contributed by atoms with Crippen molar-refractivity contribution in [3.63, 3.8) is 0 Å². The van der Waals surface area contributed by atoms with Crippen LogP contribution in [-0.2, 0) is 11.3 Å². The summed E-state index contributed by atoms with van der Waals surface area (Å²) in [5, 5.41) is 9.66. The van der Waals surface area contributed by atoms with E-state index in [0.29, 0.717) is 25.1 Å². The standard InChI is InChI=1S/C20H29NO4/c1-3-10-25-18-9-8-14(11-19(18)24-2)13-21-16-7-5-4-6-15(16)12-17(21)20(22)23/h8-9,11,15-17H,3-7,10,12-13H2,1-2H3,(H,22,23). The predicted molar refractivity (Wildman–Crippen MR) is 96.1 cm³/mol. The van der Waals surface area contributed by atoms with E-state index >= 15 is 0 Å². The van der Waals surface area contributed by atoms with Crippen LogP contribution in [0.5, 0.6) is 11.5 Å². The summed E-state index contributed by atoms with van der Waals surface area (Å²) in [6.45, 7) is 3.38. The number of carboxylic acid groups (broad SMARTS) is 1. The Morgan fingerprint density at radius 3 is 2.80 bits per heavy atom. The summed E-state index contributed by atoms with van der Waals surface area (Å²) in [4.78, 5) is 14.0. The maximum atomic E-state index is 11.8. The summed E-state index contributed by atoms with van der Waals surface area (Å²) < 4.78 is 11.2. The number of ether oxygens (including phenoxy) is 2. The highest BCUT2D eigenvalue weighted by Crippen LogP contribution is 2.41. The molecular formula is C20H29NO4. The van der Waals surface area contributed by atoms with E-state index < -0.39 is 5.97 Å². The molecule has 1 aromatic carbocycles. The molecule has 0 spiro atoms. The van der Waals surface area contributed by atoms with Gasteiger partial charge in [0.15, 0.2) is 11.5 Å². The third-order valence-electron chi connectivity index (χ3n) is 5.56. The van der Waals surface area contributed by atoms with Crippen LogP contribution in [0.4, 0.5) is 0 Å². The molecule has 0 radical (unpaired) electrons. The fraction of sp³-hybridized carbons (Fsp3) is 0.650. The Hall–Kier alpha value is -1.75. The van der Waals surface area contributed by atoms with Gasteiger partial charge in [0.1, 0.15) is 6.04 Å². The molecule has 138 valence electrons. The van der Waals surface area contributed by atoms with E-state index in [-0.39, 0.29) is 6.04 Å². The fourth-order valence-corrected chi connectivity index (χ4v) is 4.38. The fourth-order valence-electron chi connectivity index (χ4n) is 4.38. The molecule has 1 aliphatic heterocycles. The van der Waals surface area contributed by atoms with Gasteiger partial charge in [0, 0.05) is 12.6 Å². The van der Waals surface area contributed by atoms with Gasteiger partial charge in [0.05, 0.1) is 13.7 Å². The zero-order valence-electron chi connectivity index (χ0n) is 15.2. The Bertz CT molecular complexity index is 603. The van der Waals surface area contributed by atoms with Gasteiger partial charge >= 0.3 is 5.97 Å². The molecule has 3 rings (SSSR count). The minimum Gasteiger partial charge on any atom is -0.493 e. The summed E-state index contributed by atoms with van der Waals surface area (Å²) >= 11 is 0. The molecule has 1 aliphatic carbocycles. The van der Waals surface area contributed by atoms with Gasteiger partial charge in [-0.15, -0.1) is 0 Å². The van der Waals surface area contributed by atoms with Gasteiger partial charge < -0.3 is 14.6 Å². The number of methoxy groups -OCH3 is 1. The summed E-state index contributed by atoms with van der Waals surface area (Å²) in [5.74, 6) is 1.31. The van der Waals surface area contributed by atoms with E-state index in [2.05, 4.69) is 11.8 Å². The van der Waals surface area contributed by atoms with Crippen molar-refractivity contribution < 1.29 is 19.4 Å². The molecule has 1 N–H and O–H groups in total. The number of hydrogen-bond acceptors (Lipinski definition) is 4. The molecular weight excluding hydrogens is 318 g/mol. The van der Waals surface area contributed by atoms with Gasteiger partial charge in [-0.2, -0.15) is 0 Å². The monoisotopic (exact) mass is 347 g/mol. The molecule has 3 atom stereocenters. The summed E-state index contributed by atoms with van der Waals surface area (Å²) in [6.07, 6.45) is 6.45. The Morgan fingerprint density at radius 1 is 1.28 bits per heavy atom. The molecule has 1 saturated carbocycles. The van der Waals surface area contributed by atoms with Crippen LogP contribution in [-0.4, -0.2) is 41.8 Å². The molecule has 1 heterocycles. The minimum absolute atomic E-state index is 0.366. The Morgan fingerprint density at radius 2 is 2.08 bits per heavy atom. The zero-order valence-corrected chi connectivity index (χ0v) is 15.2. The molecule has 1 saturated heterocycles. The van der Waals surface area contributed by atoms with Crippen LogP contribution in [0.3, 0.4) is 0 Å². The Labute approximate surface area is 149 Å². The number of carbonyl (C=O) groups is 1. The molecule has 0 aromatic heterocycles. The topological polar surface area (TPSA) is 59.0 Å². The number of fused-ring (bicyclic) bond motifs is 1. The highest BCUT2D eigenvalue weighted by molar-refractivity contribution is 5.74. The molecule has 2 aliphatic rings. The lowest BCUT2D eigenvalue weighted by Crippen LogP contribution is -2.41. The molecule has 5 nitrogen and oxygen atoms in total. The molecule has 2 fully saturated rings. The highest BCUT2D eigenvalue weighted by atomic mass is 16.5. The average molecular weight is 347 g/mol. The molecule has 3 unspecified atom stereocenters. The van der Waals surface area contributed by atoms with Gasteiger partial charge in [-0.25, -0.2) is 0 Å². The van der Waals surface area contributed by atoms with Crippen LogP contribution >= 0.6 is 0 Å². The van der Waals surface area contributed by atoms with Crippen LogP contribution in [0.1, 0.15) is 51.0 Å². The molecule has 5 heteroatoms. The molecule has 0 bridgehead atoms. The van der Waals surface area contributed by atoms with Gasteiger partial charge in [0.2, 0.25) is 0 Å². The molecule has 0 amide bonds. The second-order valence-corrected chi connectivity index (χ2v) is 7.21. The minimum atomic E-state index is -0.690. The molecule has 25 heavy (non-hydrogen) atoms. The summed E-state index contributed by atoms with van der Waals surface area (Å²) in [5.41, 5.74) is 1.08. The summed E-state index contributed by atoms with van der Waals surface area (Å²) in [7, 11) is 1.64. The normalized spacial score (nSPS) is 26.2. The first-order valence-corrected chi connectivity index (χ1v) is 9.42. The van der Waals surface area contributed by atoms with Crippen LogP contribution in [0, 0.1) is 5.92 Å². The average Bonchev–Trinajstić information content (AvgIpc) is 2.99. The maximum absolute atomic E-state index is 11.8. The molecule has 1 aromatic rings. The lowest BCUT2D eigenvalue weighted by Gasteiger charge is -2.33. The van der Waals surface area contributed by atoms with Crippen molar-refractivity contribution in [1.29, 1.82) is 0 Å². The van der Waals surface area contributed by atoms with Crippen molar-refractivity contribution in [2.24, 2.45) is 5.92 Å². The lowest BCUT2D eigenvalue weighted by molar-refractivity contribution is -0.142. The first-order chi connectivity index (χ1) is 12.1. The number of hydrogen-bond donors (Lipinski definition) is 1. The zero-order chi connectivity index (χ0) is 17.8. The van der Waals surface area contributed by atoms with E-state index in [1.54, 1.807) is 7.11 Å². The number of aliphatic carboxylic acids is 1. The van der Waals surface area contributed by atoms with Crippen LogP contribution in [0.15, 0.2) is 18.2 Å². The Balaban J connectivity index is 1.78. The van der Waals surface area contributed by atoms with Crippen molar-refractivity contribution in [3.8, 4) is 11.5 Å². The van der Waals surface area contributed by atoms with Gasteiger partial charge in [-0.05, 0) is 49.3 Å². The third-order valence-corrected chi connectivity index (χ3v) is 5.56. The first kappa shape index (κ1) is 18.1. The largest absolute Gasteiger partial charge is 0.493 e. The lowest BCUT2D eigenvalue weighted by atomic mass is 9.84. The van der Waals surface area contributed by atoms with Crippen molar-refractivity contribution in [3.05, 3.63) is 23.8 Å². The van der Waals surface area contributed by atoms with E-state index in [4.69, 9.17) is 9.47 Å². The van der Waals surface area contributed by atoms with Crippen molar-refractivity contribution in [2.45, 2.75) is 64.1 Å². The van der Waals surface area contributed by atoms with E-state index in [0.717, 1.165) is 42.7 Å². The van der Waals surface area contributed by atoms with Crippen LogP contribution < -0.4 is 9.47 Å². The van der Waals surface area contributed by atoms with E-state index in [1.165, 1.54) is 12.8 Å². The van der Waals surface area contributed by atoms with Crippen molar-refractivity contribution in [2.75, 3.05) is 13.7 Å². The van der Waals surface area contributed by atoms with Crippen molar-refractivity contribution >= 4 is 5.97 Å². The van der Waals surface area contributed by atoms with Crippen LogP contribution in [0.2, 0.25) is 0 Å². The number of carboxylic acids is 1. The highest BCUT2D eigenvalue weighted by Gasteiger charge is 2.44. The van der Waals surface area contributed by atoms with E-state index in [1.807, 2.05) is 18.2 Å². The smallest absolute Gasteiger partial charge is 0.320 e. The quantitative estimate of drug-likeness (QED) is 0.815. The van der Waals surface area contributed by atoms with Crippen LogP contribution in [0.25, 0.3) is 0 Å². The number of rotatable bonds is 7. The number of nitrogens with zero attached hydrogens (tertiary/aromatic N) is 1.